The first kappa shape index (κ1) is 25.6. The van der Waals surface area contributed by atoms with E-state index >= 15 is 0 Å². The molecule has 5 rings (SSSR count). The van der Waals surface area contributed by atoms with Gasteiger partial charge in [-0.1, -0.05) is 16.5 Å². The van der Waals surface area contributed by atoms with Gasteiger partial charge in [-0.2, -0.15) is 13.8 Å². The highest BCUT2D eigenvalue weighted by Crippen LogP contribution is 2.40. The number of thiazole rings is 1. The van der Waals surface area contributed by atoms with Crippen LogP contribution in [0.3, 0.4) is 0 Å². The van der Waals surface area contributed by atoms with Gasteiger partial charge in [0.05, 0.1) is 0 Å². The number of carboxylic acid groups (broad SMARTS) is 1. The van der Waals surface area contributed by atoms with Crippen LogP contribution in [0.15, 0.2) is 28.0 Å². The van der Waals surface area contributed by atoms with E-state index in [0.717, 1.165) is 16.4 Å². The number of carboxylic acids is 1. The zero-order valence-corrected chi connectivity index (χ0v) is 22.2. The number of fused-ring (bicyclic) bond motifs is 2. The fourth-order valence-corrected chi connectivity index (χ4v) is 7.02. The van der Waals surface area contributed by atoms with Crippen LogP contribution in [0.2, 0.25) is 0 Å². The Kier molecular flexibility index (Phi) is 6.53. The molecule has 15 nitrogen and oxygen atoms in total. The Hall–Kier alpha value is -4.03. The maximum atomic E-state index is 13.1. The summed E-state index contributed by atoms with van der Waals surface area (Å²) in [4.78, 5) is 60.6. The molecular formula is C20H20N9O6S3+. The molecule has 0 spiro atoms. The number of oxime groups is 1. The second kappa shape index (κ2) is 9.69. The van der Waals surface area contributed by atoms with Gasteiger partial charge >= 0.3 is 5.97 Å². The van der Waals surface area contributed by atoms with Crippen LogP contribution in [0.25, 0.3) is 4.83 Å². The number of carbonyl (C=O) groups is 4. The van der Waals surface area contributed by atoms with Crippen LogP contribution in [0, 0.1) is 6.92 Å². The van der Waals surface area contributed by atoms with Gasteiger partial charge < -0.3 is 26.7 Å². The fraction of sp³-hybridized carbons (Fsp3) is 0.300. The first-order valence-electron chi connectivity index (χ1n) is 10.8. The van der Waals surface area contributed by atoms with E-state index in [1.165, 1.54) is 35.1 Å². The number of hydrogen-bond donors (Lipinski definition) is 4. The van der Waals surface area contributed by atoms with Gasteiger partial charge in [-0.3, -0.25) is 19.3 Å². The number of primary amides is 1. The normalized spacial score (nSPS) is 19.4. The molecule has 0 aliphatic carbocycles. The molecule has 1 saturated heterocycles. The minimum Gasteiger partial charge on any atom is -0.477 e. The second-order valence-electron chi connectivity index (χ2n) is 8.16. The summed E-state index contributed by atoms with van der Waals surface area (Å²) in [6, 6.07) is -0.992. The highest BCUT2D eigenvalue weighted by atomic mass is 32.2. The van der Waals surface area contributed by atoms with Gasteiger partial charge in [0.25, 0.3) is 23.5 Å². The van der Waals surface area contributed by atoms with E-state index in [0.29, 0.717) is 22.8 Å². The van der Waals surface area contributed by atoms with Crippen molar-refractivity contribution in [3.8, 4) is 0 Å². The monoisotopic (exact) mass is 578 g/mol. The molecule has 18 heteroatoms. The Labute approximate surface area is 225 Å². The van der Waals surface area contributed by atoms with Gasteiger partial charge in [0.2, 0.25) is 22.1 Å². The van der Waals surface area contributed by atoms with Crippen molar-refractivity contribution in [2.24, 2.45) is 10.9 Å². The summed E-state index contributed by atoms with van der Waals surface area (Å²) in [5.41, 5.74) is 11.5. The summed E-state index contributed by atoms with van der Waals surface area (Å²) in [7, 11) is 1.24. The molecule has 3 aromatic heterocycles. The number of nitrogens with two attached hydrogens (primary N) is 2. The van der Waals surface area contributed by atoms with Crippen molar-refractivity contribution in [1.82, 2.24) is 24.0 Å². The first-order valence-corrected chi connectivity index (χ1v) is 13.5. The number of hydrogen-bond acceptors (Lipinski definition) is 12. The third-order valence-electron chi connectivity index (χ3n) is 5.96. The number of nitrogens with one attached hydrogen (secondary N) is 1. The van der Waals surface area contributed by atoms with E-state index in [4.69, 9.17) is 16.3 Å². The molecule has 2 atom stereocenters. The Morgan fingerprint density at radius 3 is 2.79 bits per heavy atom. The molecule has 0 bridgehead atoms. The van der Waals surface area contributed by atoms with E-state index in [-0.39, 0.29) is 28.9 Å². The maximum absolute atomic E-state index is 13.1. The SMILES string of the molecule is CO/N=C(\C(=O)N[C@@H]1C(=O)N2C(C(=O)O)=C(C[n+]3cc4scc(C(N)=O)n4c3C)CS[C@H]12)c1nsc(N)n1. The van der Waals surface area contributed by atoms with Crippen molar-refractivity contribution in [2.75, 3.05) is 18.6 Å². The van der Waals surface area contributed by atoms with Gasteiger partial charge in [0.15, 0.2) is 5.13 Å². The van der Waals surface area contributed by atoms with Crippen LogP contribution in [-0.2, 0) is 25.8 Å². The molecule has 3 amide bonds. The molecular weight excluding hydrogens is 558 g/mol. The predicted molar refractivity (Wildman–Crippen MR) is 136 cm³/mol. The van der Waals surface area contributed by atoms with Crippen molar-refractivity contribution in [3.05, 3.63) is 40.2 Å². The molecule has 2 aliphatic heterocycles. The Morgan fingerprint density at radius 2 is 2.16 bits per heavy atom. The number of nitrogens with zero attached hydrogens (tertiary/aromatic N) is 6. The van der Waals surface area contributed by atoms with Crippen molar-refractivity contribution < 1.29 is 33.7 Å². The maximum Gasteiger partial charge on any atom is 0.352 e. The third-order valence-corrected chi connectivity index (χ3v) is 8.71. The summed E-state index contributed by atoms with van der Waals surface area (Å²) < 4.78 is 7.46. The number of carbonyl (C=O) groups excluding carboxylic acids is 3. The predicted octanol–water partition coefficient (Wildman–Crippen LogP) is -1.08. The quantitative estimate of drug-likeness (QED) is 0.110. The number of amides is 3. The van der Waals surface area contributed by atoms with E-state index in [1.54, 1.807) is 27.5 Å². The topological polar surface area (TPSA) is 211 Å². The number of anilines is 1. The number of nitrogen functional groups attached to an aromatic ring is 1. The number of thioether (sulfide) groups is 1. The summed E-state index contributed by atoms with van der Waals surface area (Å²) in [6.07, 6.45) is 1.80. The highest BCUT2D eigenvalue weighted by Gasteiger charge is 2.54. The molecule has 5 heterocycles. The van der Waals surface area contributed by atoms with Gasteiger partial charge in [-0.05, 0) is 0 Å². The Bertz CT molecular complexity index is 1570. The lowest BCUT2D eigenvalue weighted by atomic mass is 10.0. The zero-order valence-electron chi connectivity index (χ0n) is 19.8. The smallest absolute Gasteiger partial charge is 0.352 e. The van der Waals surface area contributed by atoms with Gasteiger partial charge in [0, 0.05) is 35.2 Å². The van der Waals surface area contributed by atoms with Gasteiger partial charge in [-0.15, -0.1) is 11.8 Å². The largest absolute Gasteiger partial charge is 0.477 e. The third kappa shape index (κ3) is 4.15. The van der Waals surface area contributed by atoms with Gasteiger partial charge in [0.1, 0.15) is 37.0 Å². The average Bonchev–Trinajstić information content (AvgIpc) is 3.57. The minimum atomic E-state index is -1.26. The minimum absolute atomic E-state index is 0.0560. The highest BCUT2D eigenvalue weighted by molar-refractivity contribution is 8.00. The Balaban J connectivity index is 1.38. The van der Waals surface area contributed by atoms with E-state index in [1.807, 2.05) is 0 Å². The average molecular weight is 579 g/mol. The van der Waals surface area contributed by atoms with E-state index < -0.39 is 35.1 Å². The molecule has 0 radical (unpaired) electrons. The standard InChI is InChI=1S/C20H19N9O6S3/c1-7-27(4-10-28(7)9(6-36-10)14(21)30)3-8-5-37-18-12(17(32)29(18)13(8)19(33)34)23-16(31)11(25-35-2)15-24-20(22)38-26-15/h4,6,12,18H,3,5H2,1-2H3,(H5-,21,22,23,24,26,30,31,33,34)/p+1/b25-11-/t12-,18-/m1/s1. The molecule has 3 aromatic rings. The number of rotatable bonds is 8. The fourth-order valence-electron chi connectivity index (χ4n) is 4.27. The van der Waals surface area contributed by atoms with Crippen LogP contribution < -0.4 is 21.4 Å². The number of aryl methyl sites for hydroxylation is 1. The van der Waals surface area contributed by atoms with Crippen molar-refractivity contribution in [3.63, 3.8) is 0 Å². The first-order chi connectivity index (χ1) is 18.1. The second-order valence-corrected chi connectivity index (χ2v) is 10.9. The summed E-state index contributed by atoms with van der Waals surface area (Å²) in [6.45, 7) is 1.97. The molecule has 38 heavy (non-hydrogen) atoms. The molecule has 0 saturated carbocycles. The molecule has 2 aliphatic rings. The Morgan fingerprint density at radius 1 is 1.39 bits per heavy atom. The van der Waals surface area contributed by atoms with Crippen LogP contribution in [-0.4, -0.2) is 77.4 Å². The summed E-state index contributed by atoms with van der Waals surface area (Å²) >= 11 is 3.52. The lowest BCUT2D eigenvalue weighted by molar-refractivity contribution is -0.693. The molecule has 0 aromatic carbocycles. The lowest BCUT2D eigenvalue weighted by Gasteiger charge is -2.49. The number of imidazole rings is 1. The van der Waals surface area contributed by atoms with Crippen molar-refractivity contribution in [1.29, 1.82) is 0 Å². The molecule has 198 valence electrons. The van der Waals surface area contributed by atoms with E-state index in [2.05, 4.69) is 19.8 Å². The lowest BCUT2D eigenvalue weighted by Crippen LogP contribution is -2.71. The number of β-lactam (4-membered cyclic amide) rings is 1. The van der Waals surface area contributed by atoms with Crippen LogP contribution in [0.4, 0.5) is 5.13 Å². The number of aromatic nitrogens is 4. The van der Waals surface area contributed by atoms with Crippen molar-refractivity contribution >= 4 is 74.0 Å². The molecule has 1 fully saturated rings. The molecule has 6 N–H and O–H groups in total. The van der Waals surface area contributed by atoms with Gasteiger partial charge in [-0.25, -0.2) is 9.36 Å². The van der Waals surface area contributed by atoms with Crippen LogP contribution in [0.1, 0.15) is 22.1 Å². The molecule has 0 unspecified atom stereocenters. The van der Waals surface area contributed by atoms with Crippen LogP contribution in [0.5, 0.6) is 0 Å². The summed E-state index contributed by atoms with van der Waals surface area (Å²) in [5, 5.41) is 17.4. The zero-order chi connectivity index (χ0) is 27.3. The van der Waals surface area contributed by atoms with Crippen LogP contribution >= 0.6 is 34.6 Å². The summed E-state index contributed by atoms with van der Waals surface area (Å²) in [5.74, 6) is -2.26. The van der Waals surface area contributed by atoms with E-state index in [9.17, 15) is 24.3 Å². The number of aliphatic carboxylic acids is 1. The van der Waals surface area contributed by atoms with Crippen molar-refractivity contribution in [2.45, 2.75) is 24.9 Å².